The van der Waals surface area contributed by atoms with Gasteiger partial charge in [0.15, 0.2) is 17.3 Å². The van der Waals surface area contributed by atoms with Crippen molar-refractivity contribution in [3.8, 4) is 17.2 Å². The Morgan fingerprint density at radius 1 is 1.00 bits per heavy atom. The molecule has 0 bridgehead atoms. The van der Waals surface area contributed by atoms with Crippen molar-refractivity contribution < 1.29 is 28.6 Å². The molecular weight excluding hydrogens is 480 g/mol. The first kappa shape index (κ1) is 29.4. The van der Waals surface area contributed by atoms with E-state index in [-0.39, 0.29) is 42.4 Å². The third kappa shape index (κ3) is 5.10. The van der Waals surface area contributed by atoms with Crippen LogP contribution in [0.15, 0.2) is 42.7 Å². The van der Waals surface area contributed by atoms with Crippen molar-refractivity contribution in [3.05, 3.63) is 53.8 Å². The molecule has 0 amide bonds. The molecule has 1 atom stereocenters. The van der Waals surface area contributed by atoms with Gasteiger partial charge in [0.05, 0.1) is 10.8 Å². The van der Waals surface area contributed by atoms with Gasteiger partial charge in [0.1, 0.15) is 41.8 Å². The third-order valence-corrected chi connectivity index (χ3v) is 7.20. The summed E-state index contributed by atoms with van der Waals surface area (Å²) in [6.07, 6.45) is 4.12. The predicted molar refractivity (Wildman–Crippen MR) is 149 cm³/mol. The number of fused-ring (bicyclic) bond motifs is 1. The highest BCUT2D eigenvalue weighted by atomic mass is 16.5. The molecule has 6 heteroatoms. The van der Waals surface area contributed by atoms with Gasteiger partial charge in [-0.3, -0.25) is 14.4 Å². The maximum absolute atomic E-state index is 14.0. The SMILES string of the molecule is C=CCOc1cc2c(c(OCC=C)c1C(=O)CC(C)C)C(CC(C)C)C1=C(O2)C(C)(C)C(=O)C(C)(C)C1=O. The van der Waals surface area contributed by atoms with Crippen LogP contribution in [-0.2, 0) is 9.59 Å². The smallest absolute Gasteiger partial charge is 0.175 e. The summed E-state index contributed by atoms with van der Waals surface area (Å²) in [5.74, 6) is 0.828. The molecule has 0 N–H and O–H groups in total. The summed E-state index contributed by atoms with van der Waals surface area (Å²) in [6, 6.07) is 1.70. The van der Waals surface area contributed by atoms with Crippen molar-refractivity contribution in [2.45, 2.75) is 74.1 Å². The van der Waals surface area contributed by atoms with Crippen LogP contribution in [0.2, 0.25) is 0 Å². The average Bonchev–Trinajstić information content (AvgIpc) is 2.82. The lowest BCUT2D eigenvalue weighted by atomic mass is 9.59. The van der Waals surface area contributed by atoms with E-state index in [0.717, 1.165) is 0 Å². The van der Waals surface area contributed by atoms with Crippen LogP contribution in [0.4, 0.5) is 0 Å². The summed E-state index contributed by atoms with van der Waals surface area (Å²) in [6.45, 7) is 23.0. The number of carbonyl (C=O) groups excluding carboxylic acids is 3. The molecule has 0 saturated heterocycles. The number of benzene rings is 1. The van der Waals surface area contributed by atoms with E-state index in [1.165, 1.54) is 0 Å². The van der Waals surface area contributed by atoms with E-state index in [1.807, 2.05) is 13.8 Å². The van der Waals surface area contributed by atoms with Crippen LogP contribution in [0.5, 0.6) is 17.2 Å². The molecule has 1 aliphatic carbocycles. The van der Waals surface area contributed by atoms with E-state index in [9.17, 15) is 14.4 Å². The fourth-order valence-electron chi connectivity index (χ4n) is 5.56. The van der Waals surface area contributed by atoms with E-state index >= 15 is 0 Å². The lowest BCUT2D eigenvalue weighted by molar-refractivity contribution is -0.144. The van der Waals surface area contributed by atoms with Crippen LogP contribution in [0.3, 0.4) is 0 Å². The second-order valence-electron chi connectivity index (χ2n) is 12.1. The number of hydrogen-bond acceptors (Lipinski definition) is 6. The van der Waals surface area contributed by atoms with E-state index in [2.05, 4.69) is 27.0 Å². The highest BCUT2D eigenvalue weighted by Gasteiger charge is 2.57. The van der Waals surface area contributed by atoms with Gasteiger partial charge < -0.3 is 14.2 Å². The number of hydrogen-bond donors (Lipinski definition) is 0. The minimum absolute atomic E-state index is 0.114. The molecule has 1 unspecified atom stereocenters. The fourth-order valence-corrected chi connectivity index (χ4v) is 5.56. The standard InChI is InChI=1S/C32H42O6/c1-11-13-36-22-17-23-24(27(37-14-12-2)26(22)21(33)16-19(5)6)20(15-18(3)4)25-28(34)31(7,8)30(35)32(9,10)29(25)38-23/h11-12,17-20H,1-2,13-16H2,3-10H3. The maximum Gasteiger partial charge on any atom is 0.175 e. The fraction of sp³-hybridized carbons (Fsp3) is 0.531. The summed E-state index contributed by atoms with van der Waals surface area (Å²) in [7, 11) is 0. The number of ether oxygens (including phenoxy) is 3. The predicted octanol–water partition coefficient (Wildman–Crippen LogP) is 7.03. The molecule has 1 aromatic carbocycles. The minimum Gasteiger partial charge on any atom is -0.488 e. The largest absolute Gasteiger partial charge is 0.488 e. The van der Waals surface area contributed by atoms with Crippen LogP contribution in [0.1, 0.15) is 90.1 Å². The normalized spacial score (nSPS) is 19.6. The summed E-state index contributed by atoms with van der Waals surface area (Å²) in [5, 5.41) is 0. The molecule has 2 aliphatic rings. The van der Waals surface area contributed by atoms with E-state index in [0.29, 0.717) is 52.5 Å². The second-order valence-corrected chi connectivity index (χ2v) is 12.1. The number of carbonyl (C=O) groups is 3. The third-order valence-electron chi connectivity index (χ3n) is 7.20. The van der Waals surface area contributed by atoms with Gasteiger partial charge in [-0.05, 0) is 46.0 Å². The highest BCUT2D eigenvalue weighted by Crippen LogP contribution is 2.57. The van der Waals surface area contributed by atoms with Gasteiger partial charge in [0.25, 0.3) is 0 Å². The van der Waals surface area contributed by atoms with Gasteiger partial charge in [-0.1, -0.05) is 53.0 Å². The van der Waals surface area contributed by atoms with Gasteiger partial charge in [-0.15, -0.1) is 0 Å². The van der Waals surface area contributed by atoms with Gasteiger partial charge in [-0.2, -0.15) is 0 Å². The van der Waals surface area contributed by atoms with Crippen molar-refractivity contribution >= 4 is 17.3 Å². The first-order chi connectivity index (χ1) is 17.7. The van der Waals surface area contributed by atoms with E-state index < -0.39 is 16.7 Å². The van der Waals surface area contributed by atoms with Crippen LogP contribution in [0.25, 0.3) is 0 Å². The van der Waals surface area contributed by atoms with Crippen LogP contribution in [-0.4, -0.2) is 30.6 Å². The molecule has 0 spiro atoms. The first-order valence-corrected chi connectivity index (χ1v) is 13.4. The summed E-state index contributed by atoms with van der Waals surface area (Å²) >= 11 is 0. The van der Waals surface area contributed by atoms with Crippen LogP contribution in [0, 0.1) is 22.7 Å². The lowest BCUT2D eigenvalue weighted by Crippen LogP contribution is -2.51. The van der Waals surface area contributed by atoms with Gasteiger partial charge in [0.2, 0.25) is 0 Å². The highest BCUT2D eigenvalue weighted by molar-refractivity contribution is 6.20. The molecule has 3 rings (SSSR count). The Balaban J connectivity index is 2.43. The Hall–Kier alpha value is -3.15. The van der Waals surface area contributed by atoms with Gasteiger partial charge >= 0.3 is 0 Å². The Morgan fingerprint density at radius 2 is 1.61 bits per heavy atom. The van der Waals surface area contributed by atoms with Crippen molar-refractivity contribution in [2.75, 3.05) is 13.2 Å². The van der Waals surface area contributed by atoms with E-state index in [4.69, 9.17) is 14.2 Å². The molecule has 1 heterocycles. The number of rotatable bonds is 11. The number of allylic oxidation sites excluding steroid dienone is 2. The molecule has 1 aliphatic heterocycles. The topological polar surface area (TPSA) is 78.9 Å². The Kier molecular flexibility index (Phi) is 8.45. The number of ketones is 3. The molecule has 38 heavy (non-hydrogen) atoms. The summed E-state index contributed by atoms with van der Waals surface area (Å²) in [4.78, 5) is 41.1. The molecule has 0 radical (unpaired) electrons. The van der Waals surface area contributed by atoms with Crippen molar-refractivity contribution in [1.82, 2.24) is 0 Å². The maximum atomic E-state index is 14.0. The zero-order valence-electron chi connectivity index (χ0n) is 24.2. The monoisotopic (exact) mass is 522 g/mol. The van der Waals surface area contributed by atoms with Crippen LogP contribution >= 0.6 is 0 Å². The zero-order chi connectivity index (χ0) is 28.6. The zero-order valence-corrected chi connectivity index (χ0v) is 24.2. The lowest BCUT2D eigenvalue weighted by Gasteiger charge is -2.45. The van der Waals surface area contributed by atoms with Gasteiger partial charge in [-0.25, -0.2) is 0 Å². The molecule has 6 nitrogen and oxygen atoms in total. The molecule has 0 fully saturated rings. The van der Waals surface area contributed by atoms with Crippen LogP contribution < -0.4 is 14.2 Å². The first-order valence-electron chi connectivity index (χ1n) is 13.4. The van der Waals surface area contributed by atoms with Gasteiger partial charge in [0, 0.05) is 29.5 Å². The molecule has 206 valence electrons. The Bertz CT molecular complexity index is 1190. The number of Topliss-reactive ketones (excluding diaryl/α,β-unsaturated/α-hetero) is 3. The molecule has 1 aromatic rings. The molecular formula is C32H42O6. The average molecular weight is 523 g/mol. The van der Waals surface area contributed by atoms with Crippen molar-refractivity contribution in [2.24, 2.45) is 22.7 Å². The molecule has 0 aromatic heterocycles. The second kappa shape index (κ2) is 10.9. The quantitative estimate of drug-likeness (QED) is 0.176. The Labute approximate surface area is 227 Å². The van der Waals surface area contributed by atoms with Crippen molar-refractivity contribution in [1.29, 1.82) is 0 Å². The minimum atomic E-state index is -1.20. The summed E-state index contributed by atoms with van der Waals surface area (Å²) < 4.78 is 18.7. The van der Waals surface area contributed by atoms with E-state index in [1.54, 1.807) is 45.9 Å². The van der Waals surface area contributed by atoms with Crippen molar-refractivity contribution in [3.63, 3.8) is 0 Å². The summed E-state index contributed by atoms with van der Waals surface area (Å²) in [5.41, 5.74) is -0.752. The Morgan fingerprint density at radius 3 is 2.16 bits per heavy atom. The molecule has 0 saturated carbocycles.